The van der Waals surface area contributed by atoms with Crippen molar-refractivity contribution in [1.29, 1.82) is 0 Å². The van der Waals surface area contributed by atoms with Crippen molar-refractivity contribution >= 4 is 39.0 Å². The standard InChI is InChI=1S/C17H20ClN5OS/c1-10(2)23-13(4-5-19-23)12-9-25-15-14(12)20-17(18)21-16(15)22-6-7-24-8-11(22)3/h4-5,9-11H,6-8H2,1-3H3/t11-/m1/s1. The molecule has 3 aromatic heterocycles. The molecule has 0 N–H and O–H groups in total. The number of hydrogen-bond acceptors (Lipinski definition) is 6. The van der Waals surface area contributed by atoms with E-state index in [0.717, 1.165) is 33.8 Å². The molecule has 0 radical (unpaired) electrons. The fourth-order valence-electron chi connectivity index (χ4n) is 3.23. The highest BCUT2D eigenvalue weighted by Crippen LogP contribution is 2.39. The molecule has 1 aliphatic heterocycles. The van der Waals surface area contributed by atoms with Gasteiger partial charge >= 0.3 is 0 Å². The Hall–Kier alpha value is -1.70. The van der Waals surface area contributed by atoms with Crippen LogP contribution in [0.15, 0.2) is 17.6 Å². The molecule has 0 saturated carbocycles. The van der Waals surface area contributed by atoms with Crippen LogP contribution in [0.3, 0.4) is 0 Å². The number of halogens is 1. The van der Waals surface area contributed by atoms with Gasteiger partial charge in [0.15, 0.2) is 5.82 Å². The van der Waals surface area contributed by atoms with Crippen molar-refractivity contribution < 1.29 is 4.74 Å². The molecule has 1 aliphatic rings. The summed E-state index contributed by atoms with van der Waals surface area (Å²) in [4.78, 5) is 11.3. The fraction of sp³-hybridized carbons (Fsp3) is 0.471. The topological polar surface area (TPSA) is 56.1 Å². The van der Waals surface area contributed by atoms with Gasteiger partial charge in [-0.3, -0.25) is 4.68 Å². The normalized spacial score (nSPS) is 18.4. The van der Waals surface area contributed by atoms with Crippen LogP contribution in [0.25, 0.3) is 21.5 Å². The summed E-state index contributed by atoms with van der Waals surface area (Å²) in [7, 11) is 0. The molecule has 6 nitrogen and oxygen atoms in total. The van der Waals surface area contributed by atoms with E-state index in [1.165, 1.54) is 0 Å². The van der Waals surface area contributed by atoms with Gasteiger partial charge in [0.2, 0.25) is 5.28 Å². The minimum Gasteiger partial charge on any atom is -0.377 e. The summed E-state index contributed by atoms with van der Waals surface area (Å²) in [6.45, 7) is 8.58. The Morgan fingerprint density at radius 2 is 2.20 bits per heavy atom. The first-order valence-corrected chi connectivity index (χ1v) is 9.65. The third kappa shape index (κ3) is 2.90. The minimum absolute atomic E-state index is 0.259. The number of nitrogens with zero attached hydrogens (tertiary/aromatic N) is 5. The SMILES string of the molecule is CC(C)n1nccc1-c1csc2c(N3CCOC[C@H]3C)nc(Cl)nc12. The van der Waals surface area contributed by atoms with Gasteiger partial charge in [0.05, 0.1) is 35.2 Å². The predicted octanol–water partition coefficient (Wildman–Crippen LogP) is 4.01. The quantitative estimate of drug-likeness (QED) is 0.645. The van der Waals surface area contributed by atoms with Crippen LogP contribution in [0.5, 0.6) is 0 Å². The van der Waals surface area contributed by atoms with Crippen LogP contribution in [-0.2, 0) is 4.74 Å². The van der Waals surface area contributed by atoms with E-state index in [1.807, 2.05) is 16.9 Å². The van der Waals surface area contributed by atoms with Gasteiger partial charge < -0.3 is 9.64 Å². The maximum Gasteiger partial charge on any atom is 0.224 e. The Bertz CT molecular complexity index is 906. The van der Waals surface area contributed by atoms with Gasteiger partial charge in [0.1, 0.15) is 0 Å². The first kappa shape index (κ1) is 16.8. The second-order valence-corrected chi connectivity index (χ2v) is 7.73. The molecular formula is C17H20ClN5OS. The molecule has 0 aromatic carbocycles. The lowest BCUT2D eigenvalue weighted by molar-refractivity contribution is 0.0987. The molecule has 0 unspecified atom stereocenters. The van der Waals surface area contributed by atoms with Crippen molar-refractivity contribution in [2.45, 2.75) is 32.9 Å². The van der Waals surface area contributed by atoms with Crippen LogP contribution in [-0.4, -0.2) is 45.5 Å². The lowest BCUT2D eigenvalue weighted by Crippen LogP contribution is -2.44. The number of rotatable bonds is 3. The highest BCUT2D eigenvalue weighted by Gasteiger charge is 2.25. The molecule has 4 heterocycles. The van der Waals surface area contributed by atoms with Crippen LogP contribution >= 0.6 is 22.9 Å². The Labute approximate surface area is 155 Å². The van der Waals surface area contributed by atoms with E-state index in [-0.39, 0.29) is 17.4 Å². The summed E-state index contributed by atoms with van der Waals surface area (Å²) in [6.07, 6.45) is 1.83. The molecule has 8 heteroatoms. The third-order valence-electron chi connectivity index (χ3n) is 4.45. The maximum absolute atomic E-state index is 6.29. The summed E-state index contributed by atoms with van der Waals surface area (Å²) in [6, 6.07) is 2.56. The highest BCUT2D eigenvalue weighted by molar-refractivity contribution is 7.18. The van der Waals surface area contributed by atoms with Gasteiger partial charge in [-0.1, -0.05) is 0 Å². The predicted molar refractivity (Wildman–Crippen MR) is 102 cm³/mol. The molecule has 25 heavy (non-hydrogen) atoms. The molecule has 4 rings (SSSR count). The summed E-state index contributed by atoms with van der Waals surface area (Å²) in [5.41, 5.74) is 3.00. The van der Waals surface area contributed by atoms with Crippen molar-refractivity contribution in [3.05, 3.63) is 22.9 Å². The molecule has 0 amide bonds. The zero-order chi connectivity index (χ0) is 17.6. The number of morpholine rings is 1. The van der Waals surface area contributed by atoms with Crippen molar-refractivity contribution in [3.63, 3.8) is 0 Å². The Morgan fingerprint density at radius 1 is 1.36 bits per heavy atom. The number of aromatic nitrogens is 4. The lowest BCUT2D eigenvalue weighted by atomic mass is 10.2. The van der Waals surface area contributed by atoms with E-state index in [9.17, 15) is 0 Å². The second kappa shape index (κ2) is 6.55. The second-order valence-electron chi connectivity index (χ2n) is 6.52. The van der Waals surface area contributed by atoms with E-state index in [2.05, 4.69) is 46.1 Å². The van der Waals surface area contributed by atoms with Crippen LogP contribution in [0.1, 0.15) is 26.8 Å². The first-order valence-electron chi connectivity index (χ1n) is 8.39. The van der Waals surface area contributed by atoms with Crippen molar-refractivity contribution in [2.75, 3.05) is 24.7 Å². The van der Waals surface area contributed by atoms with E-state index in [0.29, 0.717) is 13.2 Å². The first-order chi connectivity index (χ1) is 12.1. The number of ether oxygens (including phenoxy) is 1. The Morgan fingerprint density at radius 3 is 2.96 bits per heavy atom. The largest absolute Gasteiger partial charge is 0.377 e. The fourth-order valence-corrected chi connectivity index (χ4v) is 4.40. The van der Waals surface area contributed by atoms with Gasteiger partial charge in [-0.2, -0.15) is 10.1 Å². The zero-order valence-electron chi connectivity index (χ0n) is 14.4. The smallest absolute Gasteiger partial charge is 0.224 e. The van der Waals surface area contributed by atoms with E-state index < -0.39 is 0 Å². The summed E-state index contributed by atoms with van der Waals surface area (Å²) < 4.78 is 8.62. The summed E-state index contributed by atoms with van der Waals surface area (Å²) >= 11 is 7.94. The maximum atomic E-state index is 6.29. The van der Waals surface area contributed by atoms with Crippen molar-refractivity contribution in [3.8, 4) is 11.3 Å². The van der Waals surface area contributed by atoms with E-state index in [4.69, 9.17) is 16.3 Å². The molecule has 0 spiro atoms. The number of hydrogen-bond donors (Lipinski definition) is 0. The average molecular weight is 378 g/mol. The molecule has 132 valence electrons. The van der Waals surface area contributed by atoms with Gasteiger partial charge in [0, 0.05) is 29.7 Å². The zero-order valence-corrected chi connectivity index (χ0v) is 16.0. The molecule has 1 atom stereocenters. The van der Waals surface area contributed by atoms with Gasteiger partial charge in [-0.15, -0.1) is 11.3 Å². The average Bonchev–Trinajstić information content (AvgIpc) is 3.20. The number of thiophene rings is 1. The van der Waals surface area contributed by atoms with Crippen molar-refractivity contribution in [1.82, 2.24) is 19.7 Å². The minimum atomic E-state index is 0.259. The van der Waals surface area contributed by atoms with Gasteiger partial charge in [-0.25, -0.2) is 4.98 Å². The van der Waals surface area contributed by atoms with Crippen molar-refractivity contribution in [2.24, 2.45) is 0 Å². The Balaban J connectivity index is 1.88. The van der Waals surface area contributed by atoms with Crippen LogP contribution < -0.4 is 4.90 Å². The van der Waals surface area contributed by atoms with Gasteiger partial charge in [0.25, 0.3) is 0 Å². The Kier molecular flexibility index (Phi) is 4.39. The van der Waals surface area contributed by atoms with E-state index >= 15 is 0 Å². The molecule has 0 aliphatic carbocycles. The van der Waals surface area contributed by atoms with E-state index in [1.54, 1.807) is 11.3 Å². The van der Waals surface area contributed by atoms with Crippen LogP contribution in [0.4, 0.5) is 5.82 Å². The monoisotopic (exact) mass is 377 g/mol. The number of fused-ring (bicyclic) bond motifs is 1. The molecule has 1 fully saturated rings. The highest BCUT2D eigenvalue weighted by atomic mass is 35.5. The van der Waals surface area contributed by atoms with Gasteiger partial charge in [-0.05, 0) is 38.4 Å². The molecule has 1 saturated heterocycles. The third-order valence-corrected chi connectivity index (χ3v) is 5.58. The summed E-state index contributed by atoms with van der Waals surface area (Å²) in [5, 5.41) is 6.84. The molecule has 3 aromatic rings. The van der Waals surface area contributed by atoms with Crippen LogP contribution in [0.2, 0.25) is 5.28 Å². The molecular weight excluding hydrogens is 358 g/mol. The molecule has 0 bridgehead atoms. The lowest BCUT2D eigenvalue weighted by Gasteiger charge is -2.34. The summed E-state index contributed by atoms with van der Waals surface area (Å²) in [5.74, 6) is 0.901. The number of anilines is 1. The van der Waals surface area contributed by atoms with Crippen LogP contribution in [0, 0.1) is 0 Å².